The number of carboxylic acid groups (broad SMARTS) is 1. The number of carbonyl (C=O) groups is 1. The molecule has 6 heteroatoms. The van der Waals surface area contributed by atoms with E-state index >= 15 is 0 Å². The van der Waals surface area contributed by atoms with Crippen molar-refractivity contribution >= 4 is 5.97 Å². The van der Waals surface area contributed by atoms with Gasteiger partial charge in [-0.1, -0.05) is 53.2 Å². The van der Waals surface area contributed by atoms with Gasteiger partial charge in [0, 0.05) is 12.5 Å². The molecular formula is C24H38F3NO2. The second kappa shape index (κ2) is 12.3. The maximum absolute atomic E-state index is 12.8. The van der Waals surface area contributed by atoms with E-state index in [0.29, 0.717) is 12.3 Å². The minimum Gasteiger partial charge on any atom is -0.481 e. The molecular weight excluding hydrogens is 391 g/mol. The summed E-state index contributed by atoms with van der Waals surface area (Å²) in [5.41, 5.74) is 0.190. The lowest BCUT2D eigenvalue weighted by atomic mass is 9.84. The highest BCUT2D eigenvalue weighted by Crippen LogP contribution is 2.37. The standard InChI is InChI=1S/C19H26F3NO2.C5H12/c1-13(2)7-9-23-10-8-14(12-18(24)25)11-17(23)15-3-5-16(6-4-15)19(20,21)22;1-4-5(2)3/h3-6,13-14,17H,7-12H2,1-2H3,(H,24,25);5H,4H2,1-3H3/t14-,17+;/m1./s1. The van der Waals surface area contributed by atoms with Gasteiger partial charge in [0.1, 0.15) is 0 Å². The summed E-state index contributed by atoms with van der Waals surface area (Å²) >= 11 is 0. The summed E-state index contributed by atoms with van der Waals surface area (Å²) in [5.74, 6) is 0.687. The molecule has 0 amide bonds. The van der Waals surface area contributed by atoms with Gasteiger partial charge in [0.15, 0.2) is 0 Å². The van der Waals surface area contributed by atoms with Crippen LogP contribution in [0, 0.1) is 17.8 Å². The summed E-state index contributed by atoms with van der Waals surface area (Å²) in [6.45, 7) is 12.6. The molecule has 0 radical (unpaired) electrons. The lowest BCUT2D eigenvalue weighted by Gasteiger charge is -2.40. The van der Waals surface area contributed by atoms with Crippen LogP contribution in [0.1, 0.15) is 83.9 Å². The average molecular weight is 430 g/mol. The molecule has 1 fully saturated rings. The second-order valence-electron chi connectivity index (χ2n) is 9.14. The lowest BCUT2D eigenvalue weighted by Crippen LogP contribution is -2.38. The Morgan fingerprint density at radius 3 is 2.13 bits per heavy atom. The van der Waals surface area contributed by atoms with Crippen molar-refractivity contribution in [2.75, 3.05) is 13.1 Å². The maximum atomic E-state index is 12.8. The third-order valence-electron chi connectivity index (χ3n) is 5.72. The summed E-state index contributed by atoms with van der Waals surface area (Å²) in [7, 11) is 0. The van der Waals surface area contributed by atoms with Crippen LogP contribution < -0.4 is 0 Å². The van der Waals surface area contributed by atoms with E-state index in [0.717, 1.165) is 49.5 Å². The Morgan fingerprint density at radius 1 is 1.13 bits per heavy atom. The summed E-state index contributed by atoms with van der Waals surface area (Å²) < 4.78 is 38.3. The summed E-state index contributed by atoms with van der Waals surface area (Å²) in [6, 6.07) is 5.31. The Kier molecular flexibility index (Phi) is 10.9. The number of halogens is 3. The Morgan fingerprint density at radius 2 is 1.70 bits per heavy atom. The number of alkyl halides is 3. The highest BCUT2D eigenvalue weighted by atomic mass is 19.4. The first-order valence-corrected chi connectivity index (χ1v) is 11.1. The van der Waals surface area contributed by atoms with E-state index in [-0.39, 0.29) is 18.4 Å². The van der Waals surface area contributed by atoms with Crippen molar-refractivity contribution in [3.8, 4) is 0 Å². The fraction of sp³-hybridized carbons (Fsp3) is 0.708. The SMILES string of the molecule is CC(C)CCN1CC[C@@H](CC(=O)O)C[C@H]1c1ccc(C(F)(F)F)cc1.CCC(C)C. The molecule has 2 atom stereocenters. The van der Waals surface area contributed by atoms with E-state index in [1.807, 2.05) is 0 Å². The minimum absolute atomic E-state index is 0.0147. The highest BCUT2D eigenvalue weighted by molar-refractivity contribution is 5.67. The van der Waals surface area contributed by atoms with Gasteiger partial charge in [-0.2, -0.15) is 13.2 Å². The van der Waals surface area contributed by atoms with E-state index < -0.39 is 17.7 Å². The van der Waals surface area contributed by atoms with E-state index in [4.69, 9.17) is 5.11 Å². The van der Waals surface area contributed by atoms with Crippen molar-refractivity contribution in [3.05, 3.63) is 35.4 Å². The topological polar surface area (TPSA) is 40.5 Å². The maximum Gasteiger partial charge on any atom is 0.416 e. The number of hydrogen-bond donors (Lipinski definition) is 1. The molecule has 0 unspecified atom stereocenters. The van der Waals surface area contributed by atoms with Crippen molar-refractivity contribution in [1.82, 2.24) is 4.90 Å². The molecule has 1 N–H and O–H groups in total. The number of aliphatic carboxylic acids is 1. The van der Waals surface area contributed by atoms with Crippen LogP contribution in [0.2, 0.25) is 0 Å². The molecule has 0 aliphatic carbocycles. The van der Waals surface area contributed by atoms with Gasteiger partial charge in [0.2, 0.25) is 0 Å². The van der Waals surface area contributed by atoms with Crippen molar-refractivity contribution in [1.29, 1.82) is 0 Å². The number of carboxylic acids is 1. The minimum atomic E-state index is -4.34. The predicted octanol–water partition coefficient (Wildman–Crippen LogP) is 7.03. The molecule has 0 spiro atoms. The highest BCUT2D eigenvalue weighted by Gasteiger charge is 2.33. The Hall–Kier alpha value is -1.56. The van der Waals surface area contributed by atoms with Gasteiger partial charge < -0.3 is 5.11 Å². The van der Waals surface area contributed by atoms with Crippen molar-refractivity contribution in [2.24, 2.45) is 17.8 Å². The Labute approximate surface area is 179 Å². The van der Waals surface area contributed by atoms with E-state index in [9.17, 15) is 18.0 Å². The third kappa shape index (κ3) is 9.50. The Bertz CT molecular complexity index is 626. The van der Waals surface area contributed by atoms with Gasteiger partial charge in [-0.25, -0.2) is 0 Å². The number of hydrogen-bond acceptors (Lipinski definition) is 2. The van der Waals surface area contributed by atoms with Crippen molar-refractivity contribution in [3.63, 3.8) is 0 Å². The Balaban J connectivity index is 0.000000804. The molecule has 1 aliphatic rings. The molecule has 0 aromatic heterocycles. The number of likely N-dealkylation sites (tertiary alicyclic amines) is 1. The van der Waals surface area contributed by atoms with Crippen LogP contribution in [0.15, 0.2) is 24.3 Å². The first-order chi connectivity index (χ1) is 13.9. The molecule has 172 valence electrons. The van der Waals surface area contributed by atoms with E-state index in [1.165, 1.54) is 6.42 Å². The molecule has 1 aromatic rings. The second-order valence-corrected chi connectivity index (χ2v) is 9.14. The van der Waals surface area contributed by atoms with Gasteiger partial charge in [0.25, 0.3) is 0 Å². The zero-order valence-corrected chi connectivity index (χ0v) is 19.0. The fourth-order valence-electron chi connectivity index (χ4n) is 3.45. The van der Waals surface area contributed by atoms with E-state index in [1.54, 1.807) is 12.1 Å². The lowest BCUT2D eigenvalue weighted by molar-refractivity contribution is -0.139. The molecule has 2 rings (SSSR count). The zero-order chi connectivity index (χ0) is 22.9. The third-order valence-corrected chi connectivity index (χ3v) is 5.72. The molecule has 1 aliphatic heterocycles. The predicted molar refractivity (Wildman–Crippen MR) is 115 cm³/mol. The monoisotopic (exact) mass is 429 g/mol. The molecule has 1 heterocycles. The molecule has 3 nitrogen and oxygen atoms in total. The number of benzene rings is 1. The van der Waals surface area contributed by atoms with Gasteiger partial charge in [-0.3, -0.25) is 9.69 Å². The van der Waals surface area contributed by atoms with Crippen LogP contribution in [0.3, 0.4) is 0 Å². The van der Waals surface area contributed by atoms with Gasteiger partial charge >= 0.3 is 12.1 Å². The normalized spacial score (nSPS) is 20.2. The fourth-order valence-corrected chi connectivity index (χ4v) is 3.45. The summed E-state index contributed by atoms with van der Waals surface area (Å²) in [4.78, 5) is 13.3. The van der Waals surface area contributed by atoms with Gasteiger partial charge in [-0.05, 0) is 67.8 Å². The summed E-state index contributed by atoms with van der Waals surface area (Å²) in [5, 5.41) is 9.05. The van der Waals surface area contributed by atoms with Crippen LogP contribution in [-0.4, -0.2) is 29.1 Å². The quantitative estimate of drug-likeness (QED) is 0.506. The van der Waals surface area contributed by atoms with Crippen LogP contribution in [0.4, 0.5) is 13.2 Å². The number of rotatable bonds is 7. The summed E-state index contributed by atoms with van der Waals surface area (Å²) in [6.07, 6.45) is -0.401. The van der Waals surface area contributed by atoms with Crippen molar-refractivity contribution in [2.45, 2.75) is 78.9 Å². The van der Waals surface area contributed by atoms with Crippen LogP contribution in [0.5, 0.6) is 0 Å². The first kappa shape index (κ1) is 26.5. The molecule has 1 saturated heterocycles. The largest absolute Gasteiger partial charge is 0.481 e. The van der Waals surface area contributed by atoms with Crippen LogP contribution >= 0.6 is 0 Å². The first-order valence-electron chi connectivity index (χ1n) is 11.1. The molecule has 0 bridgehead atoms. The van der Waals surface area contributed by atoms with Crippen LogP contribution in [0.25, 0.3) is 0 Å². The van der Waals surface area contributed by atoms with Crippen LogP contribution in [-0.2, 0) is 11.0 Å². The van der Waals surface area contributed by atoms with Gasteiger partial charge in [-0.15, -0.1) is 0 Å². The number of nitrogens with zero attached hydrogens (tertiary/aromatic N) is 1. The molecule has 0 saturated carbocycles. The smallest absolute Gasteiger partial charge is 0.416 e. The van der Waals surface area contributed by atoms with Gasteiger partial charge in [0.05, 0.1) is 5.56 Å². The zero-order valence-electron chi connectivity index (χ0n) is 19.0. The number of piperidine rings is 1. The van der Waals surface area contributed by atoms with Crippen molar-refractivity contribution < 1.29 is 23.1 Å². The molecule has 1 aromatic carbocycles. The molecule has 30 heavy (non-hydrogen) atoms. The average Bonchev–Trinajstić information content (AvgIpc) is 2.66. The van der Waals surface area contributed by atoms with E-state index in [2.05, 4.69) is 39.5 Å².